The number of hydrogen-bond donors (Lipinski definition) is 1. The average molecular weight is 364 g/mol. The lowest BCUT2D eigenvalue weighted by Crippen LogP contribution is -2.43. The minimum absolute atomic E-state index is 0.133. The molecule has 2 aliphatic heterocycles. The molecule has 2 aromatic carbocycles. The summed E-state index contributed by atoms with van der Waals surface area (Å²) in [6.07, 6.45) is 1.77. The number of benzene rings is 2. The number of ketones is 1. The summed E-state index contributed by atoms with van der Waals surface area (Å²) in [5.74, 6) is 0.849. The van der Waals surface area contributed by atoms with E-state index in [1.807, 2.05) is 31.2 Å². The highest BCUT2D eigenvalue weighted by molar-refractivity contribution is 6.15. The number of piperazine rings is 1. The number of nitrogens with zero attached hydrogens (tertiary/aromatic N) is 2. The molecule has 0 unspecified atom stereocenters. The molecule has 0 aromatic heterocycles. The molecule has 1 N–H and O–H groups in total. The summed E-state index contributed by atoms with van der Waals surface area (Å²) in [5.41, 5.74) is 3.27. The number of carbonyl (C=O) groups is 1. The number of hydrogen-bond acceptors (Lipinski definition) is 5. The van der Waals surface area contributed by atoms with Crippen molar-refractivity contribution in [2.75, 3.05) is 33.2 Å². The van der Waals surface area contributed by atoms with Gasteiger partial charge in [0, 0.05) is 32.7 Å². The number of carbonyl (C=O) groups excluding carboxylic acids is 1. The van der Waals surface area contributed by atoms with E-state index in [0.717, 1.165) is 37.3 Å². The van der Waals surface area contributed by atoms with Gasteiger partial charge in [-0.1, -0.05) is 29.8 Å². The van der Waals surface area contributed by atoms with Crippen LogP contribution in [0.4, 0.5) is 0 Å². The van der Waals surface area contributed by atoms with Crippen LogP contribution in [0.3, 0.4) is 0 Å². The van der Waals surface area contributed by atoms with E-state index < -0.39 is 0 Å². The highest BCUT2D eigenvalue weighted by atomic mass is 16.5. The molecule has 2 heterocycles. The third-order valence-electron chi connectivity index (χ3n) is 5.23. The molecule has 0 spiro atoms. The van der Waals surface area contributed by atoms with Crippen LogP contribution in [0.2, 0.25) is 0 Å². The number of likely N-dealkylation sites (N-methyl/N-ethyl adjacent to an activating group) is 1. The van der Waals surface area contributed by atoms with E-state index in [9.17, 15) is 9.90 Å². The maximum Gasteiger partial charge on any atom is 0.231 e. The van der Waals surface area contributed by atoms with Gasteiger partial charge >= 0.3 is 0 Å². The number of ether oxygens (including phenoxy) is 1. The summed E-state index contributed by atoms with van der Waals surface area (Å²) >= 11 is 0. The molecule has 0 bridgehead atoms. The van der Waals surface area contributed by atoms with Gasteiger partial charge in [0.05, 0.1) is 11.1 Å². The summed E-state index contributed by atoms with van der Waals surface area (Å²) < 4.78 is 5.95. The maximum atomic E-state index is 12.8. The van der Waals surface area contributed by atoms with Crippen molar-refractivity contribution in [3.05, 3.63) is 64.4 Å². The Balaban J connectivity index is 1.63. The SMILES string of the molecule is Cc1cccc(/C=C2/Oc3c(ccc(O)c3CN3CCN(C)CC3)C2=O)c1. The number of fused-ring (bicyclic) bond motifs is 1. The van der Waals surface area contributed by atoms with Crippen LogP contribution in [-0.2, 0) is 6.54 Å². The predicted molar refractivity (Wildman–Crippen MR) is 105 cm³/mol. The third-order valence-corrected chi connectivity index (χ3v) is 5.23. The van der Waals surface area contributed by atoms with Crippen molar-refractivity contribution in [2.24, 2.45) is 0 Å². The molecule has 1 fully saturated rings. The topological polar surface area (TPSA) is 53.0 Å². The smallest absolute Gasteiger partial charge is 0.231 e. The lowest BCUT2D eigenvalue weighted by Gasteiger charge is -2.32. The molecular weight excluding hydrogens is 340 g/mol. The largest absolute Gasteiger partial charge is 0.507 e. The van der Waals surface area contributed by atoms with Gasteiger partial charge in [0.25, 0.3) is 0 Å². The minimum atomic E-state index is -0.133. The molecule has 0 radical (unpaired) electrons. The van der Waals surface area contributed by atoms with Crippen molar-refractivity contribution in [3.8, 4) is 11.5 Å². The highest BCUT2D eigenvalue weighted by Crippen LogP contribution is 2.40. The van der Waals surface area contributed by atoms with Crippen molar-refractivity contribution >= 4 is 11.9 Å². The van der Waals surface area contributed by atoms with Crippen LogP contribution in [0.1, 0.15) is 27.0 Å². The van der Waals surface area contributed by atoms with Crippen molar-refractivity contribution < 1.29 is 14.6 Å². The Morgan fingerprint density at radius 1 is 1.15 bits per heavy atom. The van der Waals surface area contributed by atoms with Gasteiger partial charge in [-0.25, -0.2) is 0 Å². The molecule has 4 rings (SSSR count). The van der Waals surface area contributed by atoms with Crippen molar-refractivity contribution in [3.63, 3.8) is 0 Å². The van der Waals surface area contributed by atoms with Crippen molar-refractivity contribution in [1.29, 1.82) is 0 Å². The van der Waals surface area contributed by atoms with Crippen molar-refractivity contribution in [2.45, 2.75) is 13.5 Å². The Morgan fingerprint density at radius 3 is 2.67 bits per heavy atom. The van der Waals surface area contributed by atoms with Gasteiger partial charge in [0.1, 0.15) is 11.5 Å². The van der Waals surface area contributed by atoms with E-state index in [0.29, 0.717) is 29.2 Å². The van der Waals surface area contributed by atoms with Crippen LogP contribution < -0.4 is 4.74 Å². The zero-order valence-corrected chi connectivity index (χ0v) is 15.7. The van der Waals surface area contributed by atoms with E-state index >= 15 is 0 Å². The highest BCUT2D eigenvalue weighted by Gasteiger charge is 2.32. The number of rotatable bonds is 3. The Bertz CT molecular complexity index is 912. The molecule has 2 aliphatic rings. The second-order valence-electron chi connectivity index (χ2n) is 7.37. The quantitative estimate of drug-likeness (QED) is 0.849. The third kappa shape index (κ3) is 3.61. The number of aryl methyl sites for hydroxylation is 1. The molecule has 2 aromatic rings. The summed E-state index contributed by atoms with van der Waals surface area (Å²) in [5, 5.41) is 10.4. The maximum absolute atomic E-state index is 12.8. The molecule has 140 valence electrons. The molecule has 0 saturated carbocycles. The number of allylic oxidation sites excluding steroid dienone is 1. The van der Waals surface area contributed by atoms with E-state index in [1.54, 1.807) is 18.2 Å². The zero-order chi connectivity index (χ0) is 19.0. The summed E-state index contributed by atoms with van der Waals surface area (Å²) in [6, 6.07) is 11.2. The van der Waals surface area contributed by atoms with Crippen LogP contribution in [-0.4, -0.2) is 53.9 Å². The fraction of sp³-hybridized carbons (Fsp3) is 0.318. The average Bonchev–Trinajstić information content (AvgIpc) is 2.95. The minimum Gasteiger partial charge on any atom is -0.507 e. The Kier molecular flexibility index (Phi) is 4.72. The zero-order valence-electron chi connectivity index (χ0n) is 15.7. The van der Waals surface area contributed by atoms with Gasteiger partial charge < -0.3 is 14.7 Å². The predicted octanol–water partition coefficient (Wildman–Crippen LogP) is 3.06. The summed E-state index contributed by atoms with van der Waals surface area (Å²) in [6.45, 7) is 6.44. The lowest BCUT2D eigenvalue weighted by atomic mass is 10.0. The van der Waals surface area contributed by atoms with Gasteiger partial charge in [0.2, 0.25) is 5.78 Å². The second-order valence-corrected chi connectivity index (χ2v) is 7.37. The monoisotopic (exact) mass is 364 g/mol. The molecule has 0 atom stereocenters. The molecule has 5 heteroatoms. The first kappa shape index (κ1) is 17.8. The number of Topliss-reactive ketones (excluding diaryl/α,β-unsaturated/α-hetero) is 1. The Morgan fingerprint density at radius 2 is 1.93 bits per heavy atom. The van der Waals surface area contributed by atoms with E-state index in [-0.39, 0.29) is 11.5 Å². The lowest BCUT2D eigenvalue weighted by molar-refractivity contribution is 0.101. The number of phenols is 1. The van der Waals surface area contributed by atoms with Gasteiger partial charge in [-0.2, -0.15) is 0 Å². The number of aromatic hydroxyl groups is 1. The van der Waals surface area contributed by atoms with Gasteiger partial charge in [-0.15, -0.1) is 0 Å². The van der Waals surface area contributed by atoms with Crippen molar-refractivity contribution in [1.82, 2.24) is 9.80 Å². The van der Waals surface area contributed by atoms with Crippen LogP contribution in [0.25, 0.3) is 6.08 Å². The fourth-order valence-electron chi connectivity index (χ4n) is 3.59. The molecule has 27 heavy (non-hydrogen) atoms. The summed E-state index contributed by atoms with van der Waals surface area (Å²) in [7, 11) is 2.11. The molecule has 0 amide bonds. The molecule has 5 nitrogen and oxygen atoms in total. The van der Waals surface area contributed by atoms with E-state index in [1.165, 1.54) is 0 Å². The first-order valence-corrected chi connectivity index (χ1v) is 9.28. The standard InChI is InChI=1S/C22H24N2O3/c1-15-4-3-5-16(12-15)13-20-21(26)17-6-7-19(25)18(22(17)27-20)14-24-10-8-23(2)9-11-24/h3-7,12-13,25H,8-11,14H2,1-2H3/b20-13+. The summed E-state index contributed by atoms with van der Waals surface area (Å²) in [4.78, 5) is 17.4. The number of phenolic OH excluding ortho intramolecular Hbond substituents is 1. The molecular formula is C22H24N2O3. The van der Waals surface area contributed by atoms with E-state index in [2.05, 4.69) is 16.8 Å². The van der Waals surface area contributed by atoms with E-state index in [4.69, 9.17) is 4.74 Å². The first-order valence-electron chi connectivity index (χ1n) is 9.28. The van der Waals surface area contributed by atoms with Gasteiger partial charge in [-0.3, -0.25) is 9.69 Å². The molecule has 0 aliphatic carbocycles. The Labute approximate surface area is 159 Å². The van der Waals surface area contributed by atoms with Gasteiger partial charge in [-0.05, 0) is 37.7 Å². The first-order chi connectivity index (χ1) is 13.0. The van der Waals surface area contributed by atoms with Crippen LogP contribution in [0, 0.1) is 6.92 Å². The fourth-order valence-corrected chi connectivity index (χ4v) is 3.59. The van der Waals surface area contributed by atoms with Crippen LogP contribution in [0.15, 0.2) is 42.2 Å². The Hall–Kier alpha value is -2.63. The van der Waals surface area contributed by atoms with Crippen LogP contribution >= 0.6 is 0 Å². The normalized spacial score (nSPS) is 19.3. The van der Waals surface area contributed by atoms with Gasteiger partial charge in [0.15, 0.2) is 5.76 Å². The molecule has 1 saturated heterocycles. The second kappa shape index (κ2) is 7.18. The van der Waals surface area contributed by atoms with Crippen LogP contribution in [0.5, 0.6) is 11.5 Å².